The van der Waals surface area contributed by atoms with Crippen LogP contribution in [0.25, 0.3) is 0 Å². The Balaban J connectivity index is 2.04. The lowest BCUT2D eigenvalue weighted by molar-refractivity contribution is 0.355. The van der Waals surface area contributed by atoms with Crippen molar-refractivity contribution in [3.05, 3.63) is 12.4 Å². The minimum atomic E-state index is 0.555. The molecule has 3 heteroatoms. The fourth-order valence-electron chi connectivity index (χ4n) is 2.75. The van der Waals surface area contributed by atoms with Gasteiger partial charge in [-0.3, -0.25) is 0 Å². The summed E-state index contributed by atoms with van der Waals surface area (Å²) < 4.78 is 2.36. The molecule has 0 amide bonds. The summed E-state index contributed by atoms with van der Waals surface area (Å²) in [4.78, 5) is 4.48. The predicted molar refractivity (Wildman–Crippen MR) is 72.3 cm³/mol. The minimum absolute atomic E-state index is 0.555. The second-order valence-electron chi connectivity index (χ2n) is 5.11. The van der Waals surface area contributed by atoms with Gasteiger partial charge in [0.25, 0.3) is 0 Å². The van der Waals surface area contributed by atoms with Gasteiger partial charge in [0.15, 0.2) is 0 Å². The maximum atomic E-state index is 4.48. The SMILES string of the molecule is CCC(CC)Nc1nccn1C1CCCCC1. The van der Waals surface area contributed by atoms with Gasteiger partial charge in [0.2, 0.25) is 5.95 Å². The van der Waals surface area contributed by atoms with Crippen LogP contribution in [0, 0.1) is 0 Å². The topological polar surface area (TPSA) is 29.9 Å². The largest absolute Gasteiger partial charge is 0.353 e. The highest BCUT2D eigenvalue weighted by Crippen LogP contribution is 2.30. The van der Waals surface area contributed by atoms with Gasteiger partial charge in [-0.2, -0.15) is 0 Å². The third kappa shape index (κ3) is 3.02. The molecule has 1 saturated carbocycles. The molecule has 17 heavy (non-hydrogen) atoms. The molecule has 0 unspecified atom stereocenters. The summed E-state index contributed by atoms with van der Waals surface area (Å²) in [5.74, 6) is 1.07. The minimum Gasteiger partial charge on any atom is -0.353 e. The van der Waals surface area contributed by atoms with Gasteiger partial charge in [-0.15, -0.1) is 0 Å². The second kappa shape index (κ2) is 6.08. The Hall–Kier alpha value is -0.990. The molecule has 0 bridgehead atoms. The van der Waals surface area contributed by atoms with Crippen LogP contribution in [0.2, 0.25) is 0 Å². The number of imidazole rings is 1. The Morgan fingerprint density at radius 1 is 1.29 bits per heavy atom. The van der Waals surface area contributed by atoms with Crippen molar-refractivity contribution in [3.8, 4) is 0 Å². The van der Waals surface area contributed by atoms with Gasteiger partial charge >= 0.3 is 0 Å². The van der Waals surface area contributed by atoms with E-state index in [0.29, 0.717) is 12.1 Å². The van der Waals surface area contributed by atoms with Gasteiger partial charge in [-0.05, 0) is 25.7 Å². The molecule has 0 aromatic carbocycles. The van der Waals surface area contributed by atoms with Crippen LogP contribution in [0.4, 0.5) is 5.95 Å². The normalized spacial score (nSPS) is 17.6. The van der Waals surface area contributed by atoms with Crippen molar-refractivity contribution in [2.24, 2.45) is 0 Å². The van der Waals surface area contributed by atoms with E-state index in [-0.39, 0.29) is 0 Å². The van der Waals surface area contributed by atoms with Crippen molar-refractivity contribution < 1.29 is 0 Å². The molecule has 0 atom stereocenters. The van der Waals surface area contributed by atoms with E-state index in [2.05, 4.69) is 34.9 Å². The smallest absolute Gasteiger partial charge is 0.203 e. The van der Waals surface area contributed by atoms with Crippen molar-refractivity contribution in [3.63, 3.8) is 0 Å². The van der Waals surface area contributed by atoms with Crippen molar-refractivity contribution in [1.29, 1.82) is 0 Å². The van der Waals surface area contributed by atoms with Crippen LogP contribution in [0.15, 0.2) is 12.4 Å². The molecule has 3 nitrogen and oxygen atoms in total. The number of rotatable bonds is 5. The van der Waals surface area contributed by atoms with E-state index >= 15 is 0 Å². The van der Waals surface area contributed by atoms with Gasteiger partial charge in [0, 0.05) is 24.5 Å². The molecule has 0 spiro atoms. The number of anilines is 1. The third-order valence-electron chi connectivity index (χ3n) is 3.96. The zero-order chi connectivity index (χ0) is 12.1. The van der Waals surface area contributed by atoms with E-state index in [1.807, 2.05) is 6.20 Å². The average Bonchev–Trinajstić information content (AvgIpc) is 2.85. The van der Waals surface area contributed by atoms with Gasteiger partial charge in [0.1, 0.15) is 0 Å². The van der Waals surface area contributed by atoms with Crippen molar-refractivity contribution in [2.75, 3.05) is 5.32 Å². The van der Waals surface area contributed by atoms with Crippen molar-refractivity contribution in [1.82, 2.24) is 9.55 Å². The van der Waals surface area contributed by atoms with Crippen LogP contribution in [-0.2, 0) is 0 Å². The highest BCUT2D eigenvalue weighted by atomic mass is 15.2. The fraction of sp³-hybridized carbons (Fsp3) is 0.786. The van der Waals surface area contributed by atoms with Crippen LogP contribution >= 0.6 is 0 Å². The molecule has 0 radical (unpaired) electrons. The molecule has 0 aliphatic heterocycles. The number of hydrogen-bond acceptors (Lipinski definition) is 2. The molecule has 1 fully saturated rings. The standard InChI is InChI=1S/C14H25N3/c1-3-12(4-2)16-14-15-10-11-17(14)13-8-6-5-7-9-13/h10-13H,3-9H2,1-2H3,(H,15,16). The van der Waals surface area contributed by atoms with Gasteiger partial charge in [-0.1, -0.05) is 33.1 Å². The Bertz CT molecular complexity index is 322. The molecule has 0 saturated heterocycles. The lowest BCUT2D eigenvalue weighted by atomic mass is 9.95. The number of nitrogens with zero attached hydrogens (tertiary/aromatic N) is 2. The highest BCUT2D eigenvalue weighted by Gasteiger charge is 2.18. The van der Waals surface area contributed by atoms with Crippen LogP contribution in [0.1, 0.15) is 64.8 Å². The maximum absolute atomic E-state index is 4.48. The monoisotopic (exact) mass is 235 g/mol. The van der Waals surface area contributed by atoms with Gasteiger partial charge in [-0.25, -0.2) is 4.98 Å². The van der Waals surface area contributed by atoms with E-state index < -0.39 is 0 Å². The summed E-state index contributed by atoms with van der Waals surface area (Å²) in [6, 6.07) is 1.22. The molecule has 1 aliphatic rings. The van der Waals surface area contributed by atoms with Gasteiger partial charge < -0.3 is 9.88 Å². The summed E-state index contributed by atoms with van der Waals surface area (Å²) in [6.07, 6.45) is 13.2. The second-order valence-corrected chi connectivity index (χ2v) is 5.11. The molecule has 1 N–H and O–H groups in total. The number of nitrogens with one attached hydrogen (secondary N) is 1. The average molecular weight is 235 g/mol. The van der Waals surface area contributed by atoms with E-state index in [1.165, 1.54) is 32.1 Å². The molecule has 1 aliphatic carbocycles. The Morgan fingerprint density at radius 3 is 2.65 bits per heavy atom. The summed E-state index contributed by atoms with van der Waals surface area (Å²) in [6.45, 7) is 4.46. The van der Waals surface area contributed by atoms with Crippen LogP contribution in [-0.4, -0.2) is 15.6 Å². The zero-order valence-electron chi connectivity index (χ0n) is 11.2. The summed E-state index contributed by atoms with van der Waals surface area (Å²) in [5.41, 5.74) is 0. The Kier molecular flexibility index (Phi) is 4.46. The van der Waals surface area contributed by atoms with E-state index in [1.54, 1.807) is 0 Å². The van der Waals surface area contributed by atoms with E-state index in [9.17, 15) is 0 Å². The van der Waals surface area contributed by atoms with Crippen molar-refractivity contribution >= 4 is 5.95 Å². The Labute approximate surface area is 105 Å². The molecule has 2 rings (SSSR count). The lowest BCUT2D eigenvalue weighted by Gasteiger charge is -2.26. The van der Waals surface area contributed by atoms with Crippen molar-refractivity contribution in [2.45, 2.75) is 70.9 Å². The first-order chi connectivity index (χ1) is 8.35. The van der Waals surface area contributed by atoms with E-state index in [4.69, 9.17) is 0 Å². The quantitative estimate of drug-likeness (QED) is 0.836. The molecular formula is C14H25N3. The zero-order valence-corrected chi connectivity index (χ0v) is 11.2. The van der Waals surface area contributed by atoms with Crippen LogP contribution in [0.5, 0.6) is 0 Å². The van der Waals surface area contributed by atoms with Gasteiger partial charge in [0.05, 0.1) is 0 Å². The molecule has 1 aromatic heterocycles. The first-order valence-electron chi connectivity index (χ1n) is 7.14. The highest BCUT2D eigenvalue weighted by molar-refractivity contribution is 5.28. The fourth-order valence-corrected chi connectivity index (χ4v) is 2.75. The first-order valence-corrected chi connectivity index (χ1v) is 7.14. The molecular weight excluding hydrogens is 210 g/mol. The molecule has 1 aromatic rings. The van der Waals surface area contributed by atoms with Crippen LogP contribution in [0.3, 0.4) is 0 Å². The molecule has 1 heterocycles. The van der Waals surface area contributed by atoms with Crippen LogP contribution < -0.4 is 5.32 Å². The number of aromatic nitrogens is 2. The van der Waals surface area contributed by atoms with E-state index in [0.717, 1.165) is 18.8 Å². The first kappa shape index (κ1) is 12.5. The predicted octanol–water partition coefficient (Wildman–Crippen LogP) is 3.99. The third-order valence-corrected chi connectivity index (χ3v) is 3.96. The summed E-state index contributed by atoms with van der Waals surface area (Å²) in [5, 5.41) is 3.58. The summed E-state index contributed by atoms with van der Waals surface area (Å²) >= 11 is 0. The Morgan fingerprint density at radius 2 is 2.00 bits per heavy atom. The lowest BCUT2D eigenvalue weighted by Crippen LogP contribution is -2.22. The number of hydrogen-bond donors (Lipinski definition) is 1. The molecule has 96 valence electrons. The summed E-state index contributed by atoms with van der Waals surface area (Å²) in [7, 11) is 0. The maximum Gasteiger partial charge on any atom is 0.203 e.